The van der Waals surface area contributed by atoms with Gasteiger partial charge in [-0.2, -0.15) is 9.78 Å². The van der Waals surface area contributed by atoms with Crippen molar-refractivity contribution in [2.75, 3.05) is 5.32 Å². The van der Waals surface area contributed by atoms with Crippen molar-refractivity contribution in [1.82, 2.24) is 19.7 Å². The Labute approximate surface area is 185 Å². The van der Waals surface area contributed by atoms with Crippen LogP contribution in [0.5, 0.6) is 0 Å². The first kappa shape index (κ1) is 19.5. The molecule has 0 bridgehead atoms. The molecule has 0 spiro atoms. The molecule has 0 fully saturated rings. The Morgan fingerprint density at radius 2 is 1.97 bits per heavy atom. The second-order valence-corrected chi connectivity index (χ2v) is 8.20. The highest BCUT2D eigenvalue weighted by molar-refractivity contribution is 9.10. The summed E-state index contributed by atoms with van der Waals surface area (Å²) in [7, 11) is 0. The first-order valence-corrected chi connectivity index (χ1v) is 10.7. The first-order valence-electron chi connectivity index (χ1n) is 9.92. The summed E-state index contributed by atoms with van der Waals surface area (Å²) in [6, 6.07) is 12.2. The molecule has 1 aliphatic rings. The first-order chi connectivity index (χ1) is 15.1. The van der Waals surface area contributed by atoms with Crippen LogP contribution < -0.4 is 10.9 Å². The van der Waals surface area contributed by atoms with Crippen LogP contribution in [0, 0.1) is 0 Å². The molecule has 8 nitrogen and oxygen atoms in total. The van der Waals surface area contributed by atoms with Crippen LogP contribution in [-0.2, 0) is 12.8 Å². The number of halogens is 1. The molecule has 0 saturated carbocycles. The third-order valence-corrected chi connectivity index (χ3v) is 5.74. The highest BCUT2D eigenvalue weighted by Gasteiger charge is 2.21. The maximum absolute atomic E-state index is 12.8. The molecule has 2 N–H and O–H groups in total. The molecule has 0 saturated heterocycles. The fourth-order valence-electron chi connectivity index (χ4n) is 3.66. The average molecular weight is 480 g/mol. The molecule has 156 valence electrons. The van der Waals surface area contributed by atoms with E-state index in [0.29, 0.717) is 22.8 Å². The normalized spacial score (nSPS) is 13.1. The van der Waals surface area contributed by atoms with Gasteiger partial charge in [0.15, 0.2) is 5.76 Å². The van der Waals surface area contributed by atoms with E-state index < -0.39 is 0 Å². The highest BCUT2D eigenvalue weighted by atomic mass is 79.9. The van der Waals surface area contributed by atoms with Gasteiger partial charge in [-0.25, -0.2) is 4.98 Å². The number of aromatic nitrogens is 4. The molecule has 0 aliphatic heterocycles. The number of fused-ring (bicyclic) bond motifs is 1. The van der Waals surface area contributed by atoms with E-state index in [0.717, 1.165) is 41.4 Å². The topological polar surface area (TPSA) is 106 Å². The number of nitrogens with one attached hydrogen (secondary N) is 2. The molecule has 1 amide bonds. The number of carbonyl (C=O) groups excluding carboxylic acids is 1. The number of H-pyrrole nitrogens is 1. The third-order valence-electron chi connectivity index (χ3n) is 5.21. The average Bonchev–Trinajstić information content (AvgIpc) is 3.44. The summed E-state index contributed by atoms with van der Waals surface area (Å²) < 4.78 is 7.77. The molecule has 3 aromatic heterocycles. The van der Waals surface area contributed by atoms with Crippen LogP contribution in [0.25, 0.3) is 17.4 Å². The van der Waals surface area contributed by atoms with Gasteiger partial charge in [0.2, 0.25) is 5.95 Å². The number of carbonyl (C=O) groups is 1. The van der Waals surface area contributed by atoms with Crippen molar-refractivity contribution < 1.29 is 9.21 Å². The van der Waals surface area contributed by atoms with Gasteiger partial charge in [-0.05, 0) is 62.1 Å². The number of benzene rings is 1. The lowest BCUT2D eigenvalue weighted by Gasteiger charge is -2.15. The standard InChI is InChI=1S/C22H18BrN5O3/c23-14-9-7-13(8-10-14)20(29)25-19-12-17(18-6-3-11-31-18)27-28(19)22-24-16-5-2-1-4-15(16)21(30)26-22/h3,6-12H,1-2,4-5H2,(H,25,29)(H,24,26,30). The Bertz CT molecular complexity index is 1310. The molecular formula is C22H18BrN5O3. The summed E-state index contributed by atoms with van der Waals surface area (Å²) in [6.07, 6.45) is 5.00. The second kappa shape index (κ2) is 7.99. The van der Waals surface area contributed by atoms with E-state index in [2.05, 4.69) is 36.3 Å². The van der Waals surface area contributed by atoms with Crippen LogP contribution >= 0.6 is 15.9 Å². The van der Waals surface area contributed by atoms with E-state index in [1.807, 2.05) is 0 Å². The van der Waals surface area contributed by atoms with Crippen LogP contribution in [-0.4, -0.2) is 25.7 Å². The lowest BCUT2D eigenvalue weighted by atomic mass is 9.97. The summed E-state index contributed by atoms with van der Waals surface area (Å²) in [5.74, 6) is 0.867. The van der Waals surface area contributed by atoms with E-state index in [4.69, 9.17) is 4.42 Å². The van der Waals surface area contributed by atoms with Crippen molar-refractivity contribution in [2.45, 2.75) is 25.7 Å². The lowest BCUT2D eigenvalue weighted by Crippen LogP contribution is -2.24. The molecule has 4 aromatic rings. The van der Waals surface area contributed by atoms with Crippen molar-refractivity contribution in [2.24, 2.45) is 0 Å². The minimum Gasteiger partial charge on any atom is -0.463 e. The Morgan fingerprint density at radius 1 is 1.16 bits per heavy atom. The van der Waals surface area contributed by atoms with Crippen LogP contribution in [0.2, 0.25) is 0 Å². The number of furan rings is 1. The zero-order chi connectivity index (χ0) is 21.4. The van der Waals surface area contributed by atoms with Gasteiger partial charge >= 0.3 is 0 Å². The summed E-state index contributed by atoms with van der Waals surface area (Å²) >= 11 is 3.37. The molecule has 0 radical (unpaired) electrons. The van der Waals surface area contributed by atoms with Crippen molar-refractivity contribution in [3.8, 4) is 17.4 Å². The molecule has 3 heterocycles. The van der Waals surface area contributed by atoms with Gasteiger partial charge in [-0.15, -0.1) is 0 Å². The van der Waals surface area contributed by atoms with Gasteiger partial charge in [-0.3, -0.25) is 14.6 Å². The van der Waals surface area contributed by atoms with Crippen molar-refractivity contribution in [3.63, 3.8) is 0 Å². The summed E-state index contributed by atoms with van der Waals surface area (Å²) in [4.78, 5) is 32.9. The van der Waals surface area contributed by atoms with E-state index >= 15 is 0 Å². The third kappa shape index (κ3) is 3.84. The fourth-order valence-corrected chi connectivity index (χ4v) is 3.92. The highest BCUT2D eigenvalue weighted by Crippen LogP contribution is 2.25. The number of hydrogen-bond acceptors (Lipinski definition) is 5. The lowest BCUT2D eigenvalue weighted by molar-refractivity contribution is 0.102. The van der Waals surface area contributed by atoms with Crippen LogP contribution in [0.4, 0.5) is 5.82 Å². The van der Waals surface area contributed by atoms with Crippen molar-refractivity contribution in [1.29, 1.82) is 0 Å². The van der Waals surface area contributed by atoms with Crippen molar-refractivity contribution in [3.05, 3.63) is 80.4 Å². The molecule has 1 aromatic carbocycles. The molecule has 0 unspecified atom stereocenters. The van der Waals surface area contributed by atoms with Gasteiger partial charge in [0.1, 0.15) is 11.5 Å². The minimum atomic E-state index is -0.306. The van der Waals surface area contributed by atoms with Gasteiger partial charge < -0.3 is 9.73 Å². The van der Waals surface area contributed by atoms with Crippen LogP contribution in [0.15, 0.2) is 62.4 Å². The Balaban J connectivity index is 1.58. The maximum atomic E-state index is 12.8. The van der Waals surface area contributed by atoms with Crippen LogP contribution in [0.1, 0.15) is 34.5 Å². The van der Waals surface area contributed by atoms with E-state index in [1.54, 1.807) is 48.7 Å². The summed E-state index contributed by atoms with van der Waals surface area (Å²) in [6.45, 7) is 0. The molecule has 31 heavy (non-hydrogen) atoms. The van der Waals surface area contributed by atoms with Crippen LogP contribution in [0.3, 0.4) is 0 Å². The molecule has 1 aliphatic carbocycles. The van der Waals surface area contributed by atoms with E-state index in [9.17, 15) is 9.59 Å². The Morgan fingerprint density at radius 3 is 2.74 bits per heavy atom. The molecule has 5 rings (SSSR count). The van der Waals surface area contributed by atoms with E-state index in [1.165, 1.54) is 4.68 Å². The molecular weight excluding hydrogens is 462 g/mol. The zero-order valence-corrected chi connectivity index (χ0v) is 18.0. The smallest absolute Gasteiger partial charge is 0.256 e. The van der Waals surface area contributed by atoms with E-state index in [-0.39, 0.29) is 17.4 Å². The van der Waals surface area contributed by atoms with Gasteiger partial charge in [0, 0.05) is 21.7 Å². The summed E-state index contributed by atoms with van der Waals surface area (Å²) in [5.41, 5.74) is 2.35. The number of amides is 1. The van der Waals surface area contributed by atoms with Crippen molar-refractivity contribution >= 4 is 27.7 Å². The monoisotopic (exact) mass is 479 g/mol. The number of hydrogen-bond donors (Lipinski definition) is 2. The predicted octanol–water partition coefficient (Wildman–Crippen LogP) is 4.11. The van der Waals surface area contributed by atoms with Gasteiger partial charge in [0.25, 0.3) is 11.5 Å². The zero-order valence-electron chi connectivity index (χ0n) is 16.4. The largest absolute Gasteiger partial charge is 0.463 e. The number of nitrogens with zero attached hydrogens (tertiary/aromatic N) is 3. The quantitative estimate of drug-likeness (QED) is 0.458. The number of aromatic amines is 1. The molecule has 0 atom stereocenters. The fraction of sp³-hybridized carbons (Fsp3) is 0.182. The van der Waals surface area contributed by atoms with Gasteiger partial charge in [-0.1, -0.05) is 15.9 Å². The number of aryl methyl sites for hydroxylation is 1. The number of rotatable bonds is 4. The number of anilines is 1. The SMILES string of the molecule is O=C(Nc1cc(-c2ccco2)nn1-c1nc2c(c(=O)[nH]1)CCCC2)c1ccc(Br)cc1. The van der Waals surface area contributed by atoms with Gasteiger partial charge in [0.05, 0.1) is 12.0 Å². The predicted molar refractivity (Wildman–Crippen MR) is 118 cm³/mol. The minimum absolute atomic E-state index is 0.167. The molecule has 9 heteroatoms. The summed E-state index contributed by atoms with van der Waals surface area (Å²) in [5, 5.41) is 7.41. The maximum Gasteiger partial charge on any atom is 0.256 e. The second-order valence-electron chi connectivity index (χ2n) is 7.29. The Kier molecular flexibility index (Phi) is 5.03. The Hall–Kier alpha value is -3.46.